The van der Waals surface area contributed by atoms with Gasteiger partial charge in [0.2, 0.25) is 0 Å². The third kappa shape index (κ3) is 16.3. The highest BCUT2D eigenvalue weighted by molar-refractivity contribution is 6.31. The second-order valence-corrected chi connectivity index (χ2v) is 32.3. The zero-order chi connectivity index (χ0) is 84.2. The summed E-state index contributed by atoms with van der Waals surface area (Å²) in [6.45, 7) is 15.6. The minimum atomic E-state index is -1.13. The molecule has 12 aromatic rings. The molecule has 0 saturated heterocycles. The molecule has 4 saturated carbocycles. The normalized spacial score (nSPS) is 26.7. The lowest BCUT2D eigenvalue weighted by atomic mass is 9.98. The van der Waals surface area contributed by atoms with E-state index in [9.17, 15) is 49.6 Å². The fourth-order valence-corrected chi connectivity index (χ4v) is 18.1. The van der Waals surface area contributed by atoms with Gasteiger partial charge in [-0.05, 0) is 96.1 Å². The third-order valence-electron chi connectivity index (χ3n) is 24.3. The number of aliphatic hydroxyl groups excluding tert-OH is 8. The Morgan fingerprint density at radius 2 is 0.793 bits per heavy atom. The van der Waals surface area contributed by atoms with Crippen molar-refractivity contribution < 1.29 is 87.5 Å². The summed E-state index contributed by atoms with van der Waals surface area (Å²) >= 11 is 6.27. The molecule has 4 aromatic carbocycles. The molecule has 121 heavy (non-hydrogen) atoms. The number of hydrogen-bond acceptors (Lipinski definition) is 28. The van der Waals surface area contributed by atoms with Crippen molar-refractivity contribution >= 4 is 55.7 Å². The molecule has 0 bridgehead atoms. The number of aryl methyl sites for hydroxylation is 4. The van der Waals surface area contributed by atoms with E-state index in [1.165, 1.54) is 50.6 Å². The minimum absolute atomic E-state index is 0.0669. The molecule has 12 N–H and O–H groups in total. The van der Waals surface area contributed by atoms with Crippen LogP contribution in [0.15, 0.2) is 123 Å². The summed E-state index contributed by atoms with van der Waals surface area (Å²) in [5, 5.41) is 103. The van der Waals surface area contributed by atoms with Crippen molar-refractivity contribution in [3.05, 3.63) is 190 Å². The van der Waals surface area contributed by atoms with Crippen LogP contribution in [-0.2, 0) is 32.6 Å². The maximum absolute atomic E-state index is 14.7. The molecule has 8 aromatic heterocycles. The first-order valence-electron chi connectivity index (χ1n) is 40.7. The van der Waals surface area contributed by atoms with Gasteiger partial charge in [0.25, 0.3) is 0 Å². The van der Waals surface area contributed by atoms with Gasteiger partial charge in [-0.1, -0.05) is 17.7 Å². The zero-order valence-electron chi connectivity index (χ0n) is 67.3. The summed E-state index contributed by atoms with van der Waals surface area (Å²) in [4.78, 5) is 34.3. The Bertz CT molecular complexity index is 5590. The highest BCUT2D eigenvalue weighted by Gasteiger charge is 2.49. The van der Waals surface area contributed by atoms with E-state index in [0.717, 1.165) is 91.1 Å². The molecule has 638 valence electrons. The molecule has 0 unspecified atom stereocenters. The van der Waals surface area contributed by atoms with Crippen LogP contribution in [0.5, 0.6) is 46.0 Å². The van der Waals surface area contributed by atoms with Crippen molar-refractivity contribution in [2.45, 2.75) is 196 Å². The molecule has 8 aliphatic rings. The second-order valence-electron chi connectivity index (χ2n) is 31.8. The van der Waals surface area contributed by atoms with Crippen molar-refractivity contribution in [2.75, 3.05) is 46.5 Å². The number of rotatable bonds is 13. The summed E-state index contributed by atoms with van der Waals surface area (Å²) in [6, 6.07) is 19.5. The van der Waals surface area contributed by atoms with Crippen LogP contribution in [0.4, 0.5) is 8.78 Å². The number of methoxy groups -OCH3 is 1. The fraction of sp³-hybridized carbons (Fsp3) is 0.442. The van der Waals surface area contributed by atoms with Crippen LogP contribution in [-0.4, -0.2) is 225 Å². The smallest absolute Gasteiger partial charge is 0.168 e. The van der Waals surface area contributed by atoms with Crippen molar-refractivity contribution in [1.29, 1.82) is 0 Å². The van der Waals surface area contributed by atoms with Gasteiger partial charge in [-0.3, -0.25) is 0 Å². The van der Waals surface area contributed by atoms with Crippen LogP contribution < -0.4 is 59.2 Å². The first-order chi connectivity index (χ1) is 58.6. The SMILES string of the molecule is COc1cc(O[C@H]2C[C@@H](n3ccc4c(C)ncnc43)[C@H](O)[C@@H]2O)c2c(c1F)CCNC2.Cc1ncnc2c1ccn2[C@@H]1C[C@H](Oc2cc(Cl)cc3c2CNCCO3)[C@@H](O)[C@H]1O.Cc1ncnc2c1ccn2[C@@H]1C[C@H](Oc2cc(F)cc3c2CNCCO3)[C@@H](O)[C@H]1O.Cc1ncnc2c1ccn2[C@@H]1C[C@H](Oc2cccc3c2CNC[C@H](C)O3)[C@@H](O)[C@H]1O. The van der Waals surface area contributed by atoms with Crippen molar-refractivity contribution in [3.8, 4) is 46.0 Å². The summed E-state index contributed by atoms with van der Waals surface area (Å²) in [6.07, 6.45) is 4.79. The molecule has 4 aliphatic heterocycles. The van der Waals surface area contributed by atoms with Crippen LogP contribution >= 0.6 is 11.6 Å². The summed E-state index contributed by atoms with van der Waals surface area (Å²) in [5.74, 6) is 3.17. The number of benzene rings is 4. The fourth-order valence-electron chi connectivity index (χ4n) is 17.9. The number of aromatic nitrogens is 12. The van der Waals surface area contributed by atoms with Crippen LogP contribution in [0, 0.1) is 39.3 Å². The number of nitrogens with zero attached hydrogens (tertiary/aromatic N) is 12. The number of hydrogen-bond donors (Lipinski definition) is 12. The van der Waals surface area contributed by atoms with Gasteiger partial charge >= 0.3 is 0 Å². The van der Waals surface area contributed by atoms with E-state index in [2.05, 4.69) is 61.1 Å². The highest BCUT2D eigenvalue weighted by atomic mass is 35.5. The number of ether oxygens (including phenoxy) is 8. The van der Waals surface area contributed by atoms with E-state index in [4.69, 9.17) is 49.5 Å². The molecule has 32 nitrogen and oxygen atoms in total. The lowest BCUT2D eigenvalue weighted by Crippen LogP contribution is -2.35. The summed E-state index contributed by atoms with van der Waals surface area (Å²) in [5.41, 5.74) is 10.1. The minimum Gasteiger partial charge on any atom is -0.494 e. The molecule has 17 atom stereocenters. The maximum Gasteiger partial charge on any atom is 0.168 e. The maximum atomic E-state index is 14.7. The Morgan fingerprint density at radius 3 is 1.23 bits per heavy atom. The lowest BCUT2D eigenvalue weighted by molar-refractivity contribution is -0.0167. The monoisotopic (exact) mass is 1680 g/mol. The van der Waals surface area contributed by atoms with Gasteiger partial charge in [0.05, 0.1) is 65.2 Å². The van der Waals surface area contributed by atoms with Crippen LogP contribution in [0.1, 0.15) is 107 Å². The van der Waals surface area contributed by atoms with Crippen LogP contribution in [0.3, 0.4) is 0 Å². The van der Waals surface area contributed by atoms with Gasteiger partial charge < -0.3 is 118 Å². The third-order valence-corrected chi connectivity index (χ3v) is 24.6. The van der Waals surface area contributed by atoms with E-state index in [1.807, 2.05) is 120 Å². The topological polar surface area (TPSA) is 407 Å². The molecular formula is C86H97ClF2N16O16. The number of fused-ring (bicyclic) bond motifs is 8. The zero-order valence-corrected chi connectivity index (χ0v) is 68.1. The molecule has 12 heterocycles. The molecule has 0 amide bonds. The van der Waals surface area contributed by atoms with Crippen molar-refractivity contribution in [2.24, 2.45) is 0 Å². The van der Waals surface area contributed by atoms with E-state index in [0.29, 0.717) is 147 Å². The van der Waals surface area contributed by atoms with Crippen molar-refractivity contribution in [1.82, 2.24) is 79.4 Å². The summed E-state index contributed by atoms with van der Waals surface area (Å²) in [7, 11) is 1.42. The Hall–Kier alpha value is -10.6. The van der Waals surface area contributed by atoms with Crippen LogP contribution in [0.2, 0.25) is 5.02 Å². The Kier molecular flexibility index (Phi) is 24.0. The predicted molar refractivity (Wildman–Crippen MR) is 438 cm³/mol. The molecular weight excluding hydrogens is 1590 g/mol. The van der Waals surface area contributed by atoms with E-state index < -0.39 is 91.1 Å². The molecule has 0 spiro atoms. The predicted octanol–water partition coefficient (Wildman–Crippen LogP) is 6.84. The number of aliphatic hydroxyl groups is 8. The molecule has 4 fully saturated rings. The Labute approximate surface area is 698 Å². The Morgan fingerprint density at radius 1 is 0.413 bits per heavy atom. The van der Waals surface area contributed by atoms with Gasteiger partial charge in [0.1, 0.15) is 187 Å². The molecule has 20 rings (SSSR count). The molecule has 35 heteroatoms. The average Bonchev–Trinajstić information content (AvgIpc) is 1.66. The number of nitrogens with one attached hydrogen (secondary N) is 4. The first kappa shape index (κ1) is 82.7. The van der Waals surface area contributed by atoms with Gasteiger partial charge in [0, 0.05) is 158 Å². The first-order valence-corrected chi connectivity index (χ1v) is 41.1. The second kappa shape index (κ2) is 35.1. The highest BCUT2D eigenvalue weighted by Crippen LogP contribution is 2.46. The van der Waals surface area contributed by atoms with Crippen molar-refractivity contribution in [3.63, 3.8) is 0 Å². The average molecular weight is 1680 g/mol. The molecule has 0 radical (unpaired) electrons. The van der Waals surface area contributed by atoms with E-state index >= 15 is 0 Å². The Balaban J connectivity index is 0.000000115. The van der Waals surface area contributed by atoms with E-state index in [-0.39, 0.29) is 29.8 Å². The van der Waals surface area contributed by atoms with E-state index in [1.54, 1.807) is 12.1 Å². The quantitative estimate of drug-likeness (QED) is 0.0562. The summed E-state index contributed by atoms with van der Waals surface area (Å²) < 4.78 is 83.6. The standard InChI is InChI=1S/C22H25FN4O4.C22H26N4O4.C21H23ClN4O4.C21H23FN4O4/c1-11-12-4-6-27(22(12)26-10-25-11)15-7-18(21(29)20(15)28)31-16-8-17(30-2)19(23)13-3-5-24-9-14(13)16;1-12-9-23-10-15-17(29-12)4-3-5-18(15)30-19-8-16(20(27)21(19)28)26-7-6-14-13(2)24-11-25-22(14)26;2*1-11-13-2-4-26(21(13)25-10-24-11)15-8-18(20(28)19(15)27)30-17-7-12(22)6-16-14(17)9-23-3-5-29-16/h4,6,8,10,15,18,20-21,24,28-29H,3,5,7,9H2,1-2H3;3-7,11-12,16,19-21,23,27-28H,8-10H2,1-2H3;2*2,4,6-7,10,15,18-20,23,27-28H,3,5,8-9H2,1H3/t15-,18+,20+,21-;12-,16+,19-,20-,21+;2*15-,18+,19+,20-/m1011/s1. The van der Waals surface area contributed by atoms with Gasteiger partial charge in [-0.15, -0.1) is 0 Å². The van der Waals surface area contributed by atoms with Gasteiger partial charge in [-0.2, -0.15) is 0 Å². The van der Waals surface area contributed by atoms with Crippen LogP contribution in [0.25, 0.3) is 44.1 Å². The van der Waals surface area contributed by atoms with Gasteiger partial charge in [-0.25, -0.2) is 48.7 Å². The van der Waals surface area contributed by atoms with Gasteiger partial charge in [0.15, 0.2) is 11.6 Å². The largest absolute Gasteiger partial charge is 0.494 e. The lowest BCUT2D eigenvalue weighted by Gasteiger charge is -2.25. The number of halogens is 3. The molecule has 4 aliphatic carbocycles.